The summed E-state index contributed by atoms with van der Waals surface area (Å²) in [7, 11) is 1.73. The van der Waals surface area contributed by atoms with Gasteiger partial charge in [-0.05, 0) is 44.0 Å². The molecule has 1 fully saturated rings. The lowest BCUT2D eigenvalue weighted by molar-refractivity contribution is -0.120. The molecule has 3 N–H and O–H groups in total. The quantitative estimate of drug-likeness (QED) is 0.477. The molecule has 7 heteroatoms. The molecule has 1 saturated heterocycles. The van der Waals surface area contributed by atoms with E-state index in [1.54, 1.807) is 19.4 Å². The normalized spacial score (nSPS) is 17.4. The summed E-state index contributed by atoms with van der Waals surface area (Å²) in [5.74, 6) is 1.86. The van der Waals surface area contributed by atoms with Gasteiger partial charge in [0.2, 0.25) is 5.91 Å². The van der Waals surface area contributed by atoms with E-state index in [-0.39, 0.29) is 12.5 Å². The van der Waals surface area contributed by atoms with Crippen molar-refractivity contribution in [3.63, 3.8) is 0 Å². The molecule has 27 heavy (non-hydrogen) atoms. The Morgan fingerprint density at radius 3 is 2.52 bits per heavy atom. The smallest absolute Gasteiger partial charge is 0.239 e. The molecule has 0 saturated carbocycles. The van der Waals surface area contributed by atoms with Crippen molar-refractivity contribution in [3.05, 3.63) is 24.2 Å². The van der Waals surface area contributed by atoms with Crippen LogP contribution in [0.2, 0.25) is 0 Å². The van der Waals surface area contributed by atoms with E-state index in [0.717, 1.165) is 12.3 Å². The molecule has 0 bridgehead atoms. The molecule has 7 nitrogen and oxygen atoms in total. The van der Waals surface area contributed by atoms with Gasteiger partial charge in [0.05, 0.1) is 19.4 Å². The maximum atomic E-state index is 12.0. The van der Waals surface area contributed by atoms with Crippen molar-refractivity contribution in [2.75, 3.05) is 33.2 Å². The second-order valence-corrected chi connectivity index (χ2v) is 7.42. The first-order valence-electron chi connectivity index (χ1n) is 10.1. The number of nitrogens with zero attached hydrogens (tertiary/aromatic N) is 2. The Balaban J connectivity index is 1.74. The van der Waals surface area contributed by atoms with E-state index in [4.69, 9.17) is 4.42 Å². The molecule has 1 amide bonds. The average Bonchev–Trinajstić information content (AvgIpc) is 3.04. The molecular formula is C20H35N5O2. The van der Waals surface area contributed by atoms with Gasteiger partial charge in [0.15, 0.2) is 5.96 Å². The van der Waals surface area contributed by atoms with Crippen LogP contribution >= 0.6 is 0 Å². The minimum absolute atomic E-state index is 0.0951. The van der Waals surface area contributed by atoms with Crippen molar-refractivity contribution in [1.82, 2.24) is 20.9 Å². The van der Waals surface area contributed by atoms with Crippen molar-refractivity contribution in [3.8, 4) is 0 Å². The topological polar surface area (TPSA) is 81.9 Å². The number of furan rings is 1. The summed E-state index contributed by atoms with van der Waals surface area (Å²) in [6, 6.07) is 4.11. The fraction of sp³-hybridized carbons (Fsp3) is 0.700. The third-order valence-electron chi connectivity index (χ3n) is 5.04. The summed E-state index contributed by atoms with van der Waals surface area (Å²) in [6.45, 7) is 8.29. The van der Waals surface area contributed by atoms with Crippen LogP contribution in [0.3, 0.4) is 0 Å². The summed E-state index contributed by atoms with van der Waals surface area (Å²) in [5, 5.41) is 9.30. The third-order valence-corrected chi connectivity index (χ3v) is 5.04. The standard InChI is InChI=1S/C20H35N5O2/c1-16(2)18(25-10-6-4-5-7-11-25)14-23-20(21-3)24-15-19(26)22-13-17-9-8-12-27-17/h8-9,12,16,18H,4-7,10-11,13-15H2,1-3H3,(H,22,26)(H2,21,23,24). The van der Waals surface area contributed by atoms with Gasteiger partial charge in [0.25, 0.3) is 0 Å². The first-order valence-corrected chi connectivity index (χ1v) is 10.1. The number of amides is 1. The van der Waals surface area contributed by atoms with Crippen LogP contribution in [0.4, 0.5) is 0 Å². The van der Waals surface area contributed by atoms with E-state index >= 15 is 0 Å². The Hall–Kier alpha value is -2.02. The second kappa shape index (κ2) is 11.6. The summed E-state index contributed by atoms with van der Waals surface area (Å²) in [6.07, 6.45) is 6.84. The Kier molecular flexibility index (Phi) is 9.18. The van der Waals surface area contributed by atoms with E-state index in [1.165, 1.54) is 38.8 Å². The fourth-order valence-corrected chi connectivity index (χ4v) is 3.46. The Morgan fingerprint density at radius 2 is 1.93 bits per heavy atom. The molecule has 0 spiro atoms. The highest BCUT2D eigenvalue weighted by molar-refractivity contribution is 5.86. The van der Waals surface area contributed by atoms with Crippen LogP contribution in [0, 0.1) is 5.92 Å². The van der Waals surface area contributed by atoms with Gasteiger partial charge in [-0.25, -0.2) is 0 Å². The number of carbonyl (C=O) groups is 1. The molecule has 152 valence electrons. The molecule has 0 radical (unpaired) electrons. The molecule has 1 aromatic rings. The van der Waals surface area contributed by atoms with Crippen molar-refractivity contribution in [2.24, 2.45) is 10.9 Å². The number of nitrogens with one attached hydrogen (secondary N) is 3. The Labute approximate surface area is 163 Å². The zero-order chi connectivity index (χ0) is 19.5. The summed E-state index contributed by atoms with van der Waals surface area (Å²) >= 11 is 0. The van der Waals surface area contributed by atoms with Crippen LogP contribution in [0.1, 0.15) is 45.3 Å². The van der Waals surface area contributed by atoms with Gasteiger partial charge in [0.1, 0.15) is 5.76 Å². The van der Waals surface area contributed by atoms with E-state index in [1.807, 2.05) is 6.07 Å². The number of aliphatic imine (C=N–C) groups is 1. The minimum atomic E-state index is -0.0951. The van der Waals surface area contributed by atoms with E-state index in [9.17, 15) is 4.79 Å². The zero-order valence-electron chi connectivity index (χ0n) is 17.0. The van der Waals surface area contributed by atoms with Crippen LogP contribution in [-0.2, 0) is 11.3 Å². The molecule has 1 unspecified atom stereocenters. The van der Waals surface area contributed by atoms with Crippen LogP contribution in [0.5, 0.6) is 0 Å². The lowest BCUT2D eigenvalue weighted by Crippen LogP contribution is -2.50. The fourth-order valence-electron chi connectivity index (χ4n) is 3.46. The van der Waals surface area contributed by atoms with Crippen molar-refractivity contribution < 1.29 is 9.21 Å². The van der Waals surface area contributed by atoms with E-state index < -0.39 is 0 Å². The lowest BCUT2D eigenvalue weighted by Gasteiger charge is -2.34. The number of hydrogen-bond acceptors (Lipinski definition) is 4. The molecular weight excluding hydrogens is 342 g/mol. The third kappa shape index (κ3) is 7.62. The van der Waals surface area contributed by atoms with Gasteiger partial charge in [-0.15, -0.1) is 0 Å². The summed E-state index contributed by atoms with van der Waals surface area (Å²) in [4.78, 5) is 18.8. The largest absolute Gasteiger partial charge is 0.467 e. The van der Waals surface area contributed by atoms with Crippen LogP contribution < -0.4 is 16.0 Å². The first kappa shape index (κ1) is 21.3. The highest BCUT2D eigenvalue weighted by atomic mass is 16.3. The molecule has 0 aromatic carbocycles. The Bertz CT molecular complexity index is 563. The molecule has 0 aliphatic carbocycles. The number of carbonyl (C=O) groups excluding carboxylic acids is 1. The predicted molar refractivity (Wildman–Crippen MR) is 109 cm³/mol. The average molecular weight is 378 g/mol. The SMILES string of the molecule is CN=C(NCC(=O)NCc1ccco1)NCC(C(C)C)N1CCCCCC1. The minimum Gasteiger partial charge on any atom is -0.467 e. The monoisotopic (exact) mass is 377 g/mol. The van der Waals surface area contributed by atoms with Gasteiger partial charge in [0, 0.05) is 19.6 Å². The summed E-state index contributed by atoms with van der Waals surface area (Å²) in [5.41, 5.74) is 0. The molecule has 1 aliphatic heterocycles. The van der Waals surface area contributed by atoms with Gasteiger partial charge < -0.3 is 20.4 Å². The van der Waals surface area contributed by atoms with Crippen LogP contribution in [-0.4, -0.2) is 56.0 Å². The number of rotatable bonds is 8. The highest BCUT2D eigenvalue weighted by Gasteiger charge is 2.22. The number of likely N-dealkylation sites (tertiary alicyclic amines) is 1. The van der Waals surface area contributed by atoms with Crippen molar-refractivity contribution >= 4 is 11.9 Å². The van der Waals surface area contributed by atoms with Gasteiger partial charge >= 0.3 is 0 Å². The maximum Gasteiger partial charge on any atom is 0.239 e. The van der Waals surface area contributed by atoms with Gasteiger partial charge in [-0.1, -0.05) is 26.7 Å². The number of hydrogen-bond donors (Lipinski definition) is 3. The maximum absolute atomic E-state index is 12.0. The molecule has 1 aromatic heterocycles. The van der Waals surface area contributed by atoms with E-state index in [0.29, 0.717) is 24.5 Å². The van der Waals surface area contributed by atoms with Gasteiger partial charge in [-0.2, -0.15) is 0 Å². The molecule has 1 aliphatic rings. The lowest BCUT2D eigenvalue weighted by atomic mass is 10.0. The Morgan fingerprint density at radius 1 is 1.19 bits per heavy atom. The van der Waals surface area contributed by atoms with Crippen molar-refractivity contribution in [1.29, 1.82) is 0 Å². The van der Waals surface area contributed by atoms with Crippen LogP contribution in [0.15, 0.2) is 27.8 Å². The molecule has 2 rings (SSSR count). The predicted octanol–water partition coefficient (Wildman–Crippen LogP) is 1.96. The first-order chi connectivity index (χ1) is 13.1. The number of guanidine groups is 1. The zero-order valence-corrected chi connectivity index (χ0v) is 17.0. The van der Waals surface area contributed by atoms with Crippen LogP contribution in [0.25, 0.3) is 0 Å². The van der Waals surface area contributed by atoms with Gasteiger partial charge in [-0.3, -0.25) is 14.7 Å². The molecule has 1 atom stereocenters. The highest BCUT2D eigenvalue weighted by Crippen LogP contribution is 2.17. The van der Waals surface area contributed by atoms with E-state index in [2.05, 4.69) is 39.7 Å². The molecule has 2 heterocycles. The van der Waals surface area contributed by atoms with Crippen molar-refractivity contribution in [2.45, 2.75) is 52.1 Å². The summed E-state index contributed by atoms with van der Waals surface area (Å²) < 4.78 is 5.21. The second-order valence-electron chi connectivity index (χ2n) is 7.42.